The number of hydrogen-bond acceptors (Lipinski definition) is 6. The van der Waals surface area contributed by atoms with Crippen LogP contribution in [-0.4, -0.2) is 24.3 Å². The van der Waals surface area contributed by atoms with E-state index in [1.807, 2.05) is 36.4 Å². The molecule has 4 rings (SSSR count). The van der Waals surface area contributed by atoms with Crippen molar-refractivity contribution < 1.29 is 14.3 Å². The molecule has 0 spiro atoms. The van der Waals surface area contributed by atoms with Crippen molar-refractivity contribution in [3.63, 3.8) is 0 Å². The predicted octanol–water partition coefficient (Wildman–Crippen LogP) is 3.46. The molecule has 164 valence electrons. The molecule has 2 heterocycles. The second-order valence-electron chi connectivity index (χ2n) is 7.10. The van der Waals surface area contributed by atoms with Crippen molar-refractivity contribution in [2.24, 2.45) is 4.99 Å². The number of ether oxygens (including phenoxy) is 2. The summed E-state index contributed by atoms with van der Waals surface area (Å²) in [5.41, 5.74) is 2.06. The van der Waals surface area contributed by atoms with Crippen molar-refractivity contribution in [2.45, 2.75) is 19.9 Å². The van der Waals surface area contributed by atoms with Gasteiger partial charge in [0.2, 0.25) is 0 Å². The van der Waals surface area contributed by atoms with E-state index in [4.69, 9.17) is 21.1 Å². The van der Waals surface area contributed by atoms with Crippen molar-refractivity contribution in [3.05, 3.63) is 95.6 Å². The zero-order chi connectivity index (χ0) is 22.8. The number of carbonyl (C=O) groups excluding carboxylic acids is 1. The molecular formula is C24H21ClN2O4S. The van der Waals surface area contributed by atoms with E-state index in [-0.39, 0.29) is 12.2 Å². The van der Waals surface area contributed by atoms with Crippen LogP contribution in [0, 0.1) is 0 Å². The van der Waals surface area contributed by atoms with E-state index in [1.54, 1.807) is 39.2 Å². The van der Waals surface area contributed by atoms with Crippen LogP contribution in [0.2, 0.25) is 5.02 Å². The fourth-order valence-electron chi connectivity index (χ4n) is 3.63. The molecule has 8 heteroatoms. The minimum Gasteiger partial charge on any atom is -0.497 e. The molecule has 0 saturated carbocycles. The van der Waals surface area contributed by atoms with Gasteiger partial charge >= 0.3 is 5.97 Å². The standard InChI is InChI=1S/C24H21ClN2O4S/c1-4-31-23(29)20-14(2)26-24-27(21(20)17-7-5-6-8-18(17)25)22(28)19(32-24)13-15-9-11-16(30-3)12-10-15/h5-13,21H,4H2,1-3H3/b19-13-/t21-/m0/s1. The third-order valence-corrected chi connectivity index (χ3v) is 6.46. The van der Waals surface area contributed by atoms with Gasteiger partial charge in [-0.1, -0.05) is 53.3 Å². The van der Waals surface area contributed by atoms with Gasteiger partial charge in [0.1, 0.15) is 11.8 Å². The lowest BCUT2D eigenvalue weighted by molar-refractivity contribution is -0.139. The number of esters is 1. The molecule has 6 nitrogen and oxygen atoms in total. The largest absolute Gasteiger partial charge is 0.497 e. The van der Waals surface area contributed by atoms with Crippen molar-refractivity contribution in [1.82, 2.24) is 4.57 Å². The lowest BCUT2D eigenvalue weighted by Gasteiger charge is -2.25. The molecule has 0 fully saturated rings. The van der Waals surface area contributed by atoms with Crippen LogP contribution in [0.1, 0.15) is 31.0 Å². The van der Waals surface area contributed by atoms with Gasteiger partial charge in [-0.05, 0) is 49.2 Å². The van der Waals surface area contributed by atoms with Crippen LogP contribution in [0.5, 0.6) is 5.75 Å². The number of nitrogens with zero attached hydrogens (tertiary/aromatic N) is 2. The Kier molecular flexibility index (Phi) is 6.30. The maximum absolute atomic E-state index is 13.5. The number of allylic oxidation sites excluding steroid dienone is 1. The lowest BCUT2D eigenvalue weighted by Crippen LogP contribution is -2.40. The van der Waals surface area contributed by atoms with Gasteiger partial charge in [0, 0.05) is 5.02 Å². The van der Waals surface area contributed by atoms with E-state index in [1.165, 1.54) is 15.9 Å². The highest BCUT2D eigenvalue weighted by molar-refractivity contribution is 7.07. The number of fused-ring (bicyclic) bond motifs is 1. The topological polar surface area (TPSA) is 69.9 Å². The molecule has 1 aromatic heterocycles. The van der Waals surface area contributed by atoms with E-state index in [0.29, 0.717) is 31.2 Å². The van der Waals surface area contributed by atoms with E-state index in [9.17, 15) is 9.59 Å². The molecule has 0 bridgehead atoms. The molecule has 0 amide bonds. The molecule has 0 radical (unpaired) electrons. The van der Waals surface area contributed by atoms with Crippen molar-refractivity contribution >= 4 is 35.0 Å². The highest BCUT2D eigenvalue weighted by atomic mass is 35.5. The van der Waals surface area contributed by atoms with Crippen LogP contribution in [0.15, 0.2) is 69.6 Å². The zero-order valence-electron chi connectivity index (χ0n) is 17.8. The summed E-state index contributed by atoms with van der Waals surface area (Å²) in [6.07, 6.45) is 1.80. The molecule has 1 atom stereocenters. The van der Waals surface area contributed by atoms with E-state index in [0.717, 1.165) is 11.3 Å². The second kappa shape index (κ2) is 9.14. The fourth-order valence-corrected chi connectivity index (χ4v) is 4.92. The van der Waals surface area contributed by atoms with Crippen molar-refractivity contribution in [1.29, 1.82) is 0 Å². The third-order valence-electron chi connectivity index (χ3n) is 5.13. The SMILES string of the molecule is CCOC(=O)C1=C(C)N=c2s/c(=C\c3ccc(OC)cc3)c(=O)n2[C@H]1c1ccccc1Cl. The number of hydrogen-bond donors (Lipinski definition) is 0. The Bertz CT molecular complexity index is 1390. The van der Waals surface area contributed by atoms with Crippen LogP contribution < -0.4 is 19.6 Å². The van der Waals surface area contributed by atoms with Crippen molar-refractivity contribution in [2.75, 3.05) is 13.7 Å². The Labute approximate surface area is 193 Å². The van der Waals surface area contributed by atoms with E-state index >= 15 is 0 Å². The molecule has 1 aliphatic heterocycles. The minimum atomic E-state index is -0.725. The Morgan fingerprint density at radius 3 is 2.59 bits per heavy atom. The Hall–Kier alpha value is -3.16. The smallest absolute Gasteiger partial charge is 0.338 e. The first-order valence-electron chi connectivity index (χ1n) is 10.0. The third kappa shape index (κ3) is 4.01. The van der Waals surface area contributed by atoms with Gasteiger partial charge in [-0.3, -0.25) is 9.36 Å². The van der Waals surface area contributed by atoms with Crippen LogP contribution >= 0.6 is 22.9 Å². The summed E-state index contributed by atoms with van der Waals surface area (Å²) in [6.45, 7) is 3.70. The summed E-state index contributed by atoms with van der Waals surface area (Å²) in [6, 6.07) is 13.9. The molecule has 2 aromatic carbocycles. The maximum Gasteiger partial charge on any atom is 0.338 e. The van der Waals surface area contributed by atoms with Crippen LogP contribution in [0.4, 0.5) is 0 Å². The van der Waals surface area contributed by atoms with Crippen LogP contribution in [0.25, 0.3) is 6.08 Å². The number of thiazole rings is 1. The molecule has 3 aromatic rings. The van der Waals surface area contributed by atoms with Gasteiger partial charge in [0.15, 0.2) is 4.80 Å². The Morgan fingerprint density at radius 2 is 1.94 bits per heavy atom. The molecule has 0 aliphatic carbocycles. The molecule has 0 saturated heterocycles. The molecule has 1 aliphatic rings. The predicted molar refractivity (Wildman–Crippen MR) is 125 cm³/mol. The minimum absolute atomic E-state index is 0.215. The summed E-state index contributed by atoms with van der Waals surface area (Å²) in [7, 11) is 1.60. The average molecular weight is 469 g/mol. The first-order valence-corrected chi connectivity index (χ1v) is 11.2. The summed E-state index contributed by atoms with van der Waals surface area (Å²) in [5.74, 6) is 0.222. The summed E-state index contributed by atoms with van der Waals surface area (Å²) < 4.78 is 12.5. The normalized spacial score (nSPS) is 15.9. The van der Waals surface area contributed by atoms with Crippen LogP contribution in [0.3, 0.4) is 0 Å². The monoisotopic (exact) mass is 468 g/mol. The van der Waals surface area contributed by atoms with Gasteiger partial charge < -0.3 is 9.47 Å². The molecule has 32 heavy (non-hydrogen) atoms. The van der Waals surface area contributed by atoms with Gasteiger partial charge in [0.05, 0.1) is 29.5 Å². The highest BCUT2D eigenvalue weighted by Gasteiger charge is 2.34. The van der Waals surface area contributed by atoms with Crippen molar-refractivity contribution in [3.8, 4) is 5.75 Å². The fraction of sp³-hybridized carbons (Fsp3) is 0.208. The first kappa shape index (κ1) is 22.0. The summed E-state index contributed by atoms with van der Waals surface area (Å²) in [4.78, 5) is 31.4. The second-order valence-corrected chi connectivity index (χ2v) is 8.51. The van der Waals surface area contributed by atoms with Gasteiger partial charge in [0.25, 0.3) is 5.56 Å². The van der Waals surface area contributed by atoms with Gasteiger partial charge in [-0.15, -0.1) is 0 Å². The summed E-state index contributed by atoms with van der Waals surface area (Å²) >= 11 is 7.77. The first-order chi connectivity index (χ1) is 15.4. The average Bonchev–Trinajstić information content (AvgIpc) is 3.08. The van der Waals surface area contributed by atoms with Gasteiger partial charge in [-0.2, -0.15) is 0 Å². The molecule has 0 unspecified atom stereocenters. The van der Waals surface area contributed by atoms with Gasteiger partial charge in [-0.25, -0.2) is 9.79 Å². The molecule has 0 N–H and O–H groups in total. The highest BCUT2D eigenvalue weighted by Crippen LogP contribution is 2.34. The Balaban J connectivity index is 1.94. The number of halogens is 1. The van der Waals surface area contributed by atoms with E-state index < -0.39 is 12.0 Å². The van der Waals surface area contributed by atoms with Crippen LogP contribution in [-0.2, 0) is 9.53 Å². The number of rotatable bonds is 5. The number of aromatic nitrogens is 1. The number of methoxy groups -OCH3 is 1. The molecular weight excluding hydrogens is 448 g/mol. The summed E-state index contributed by atoms with van der Waals surface area (Å²) in [5, 5.41) is 0.457. The quantitative estimate of drug-likeness (QED) is 0.538. The number of carbonyl (C=O) groups is 1. The lowest BCUT2D eigenvalue weighted by atomic mass is 9.96. The number of benzene rings is 2. The maximum atomic E-state index is 13.5. The Morgan fingerprint density at radius 1 is 1.22 bits per heavy atom. The zero-order valence-corrected chi connectivity index (χ0v) is 19.4. The van der Waals surface area contributed by atoms with E-state index in [2.05, 4.69) is 4.99 Å².